The lowest BCUT2D eigenvalue weighted by Gasteiger charge is -2.48. The normalized spacial score (nSPS) is 24.9. The number of hydrogen-bond acceptors (Lipinski definition) is 18. The molecule has 0 aromatic carbocycles. The molecule has 0 radical (unpaired) electrons. The summed E-state index contributed by atoms with van der Waals surface area (Å²) < 4.78 is 34.6. The molecule has 0 saturated carbocycles. The van der Waals surface area contributed by atoms with Crippen LogP contribution in [0.15, 0.2) is 97.2 Å². The van der Waals surface area contributed by atoms with Gasteiger partial charge in [0.1, 0.15) is 73.2 Å². The highest BCUT2D eigenvalue weighted by atomic mass is 16.8. The maximum absolute atomic E-state index is 13.5. The van der Waals surface area contributed by atoms with Crippen molar-refractivity contribution in [3.8, 4) is 0 Å². The van der Waals surface area contributed by atoms with Crippen molar-refractivity contribution in [3.63, 3.8) is 0 Å². The minimum Gasteiger partial charge on any atom is -0.394 e. The largest absolute Gasteiger partial charge is 0.394 e. The number of aliphatic hydroxyl groups is 11. The Bertz CT molecular complexity index is 2470. The topological polar surface area (TPSA) is 307 Å². The van der Waals surface area contributed by atoms with E-state index in [0.717, 1.165) is 89.9 Å². The highest BCUT2D eigenvalue weighted by molar-refractivity contribution is 5.76. The summed E-state index contributed by atoms with van der Waals surface area (Å²) in [6.07, 6.45) is 78.5. The molecule has 3 rings (SSSR count). The molecule has 1 amide bonds. The minimum absolute atomic E-state index is 0.242. The molecule has 3 aliphatic heterocycles. The Kier molecular flexibility index (Phi) is 69.5. The minimum atomic E-state index is -1.98. The monoisotopic (exact) mass is 1640 g/mol. The number of nitrogens with one attached hydrogen (secondary N) is 1. The second-order valence-electron chi connectivity index (χ2n) is 33.5. The van der Waals surface area contributed by atoms with Crippen LogP contribution in [0.4, 0.5) is 0 Å². The Morgan fingerprint density at radius 1 is 0.319 bits per heavy atom. The molecule has 0 bridgehead atoms. The van der Waals surface area contributed by atoms with Gasteiger partial charge >= 0.3 is 0 Å². The van der Waals surface area contributed by atoms with Crippen LogP contribution in [0.1, 0.15) is 380 Å². The van der Waals surface area contributed by atoms with Crippen molar-refractivity contribution in [1.82, 2.24) is 5.32 Å². The molecule has 19 heteroatoms. The molecular weight excluding hydrogens is 1470 g/mol. The van der Waals surface area contributed by atoms with Crippen molar-refractivity contribution in [1.29, 1.82) is 0 Å². The zero-order chi connectivity index (χ0) is 83.8. The summed E-state index contributed by atoms with van der Waals surface area (Å²) in [6, 6.07) is -0.979. The van der Waals surface area contributed by atoms with Crippen molar-refractivity contribution in [2.45, 2.75) is 484 Å². The van der Waals surface area contributed by atoms with Crippen molar-refractivity contribution < 1.29 is 89.4 Å². The first-order valence-corrected chi connectivity index (χ1v) is 47.5. The molecule has 0 aromatic rings. The van der Waals surface area contributed by atoms with Gasteiger partial charge in [0.2, 0.25) is 5.91 Å². The molecule has 19 nitrogen and oxygen atoms in total. The Hall–Kier alpha value is -3.29. The molecule has 674 valence electrons. The van der Waals surface area contributed by atoms with Crippen LogP contribution in [0, 0.1) is 0 Å². The van der Waals surface area contributed by atoms with Gasteiger partial charge in [-0.25, -0.2) is 0 Å². The van der Waals surface area contributed by atoms with E-state index < -0.39 is 124 Å². The van der Waals surface area contributed by atoms with Crippen LogP contribution in [0.3, 0.4) is 0 Å². The van der Waals surface area contributed by atoms with Crippen LogP contribution < -0.4 is 5.32 Å². The Balaban J connectivity index is 1.31. The van der Waals surface area contributed by atoms with Crippen LogP contribution >= 0.6 is 0 Å². The molecule has 3 fully saturated rings. The number of allylic oxidation sites excluding steroid dienone is 15. The second kappa shape index (κ2) is 75.5. The molecule has 0 aliphatic carbocycles. The summed E-state index contributed by atoms with van der Waals surface area (Å²) in [7, 11) is 0. The third kappa shape index (κ3) is 52.9. The first-order chi connectivity index (χ1) is 56.8. The molecular formula is C97H173NO18. The van der Waals surface area contributed by atoms with E-state index in [1.54, 1.807) is 6.08 Å². The van der Waals surface area contributed by atoms with Crippen molar-refractivity contribution in [2.24, 2.45) is 0 Å². The van der Waals surface area contributed by atoms with E-state index in [9.17, 15) is 61.0 Å². The Morgan fingerprint density at radius 3 is 0.931 bits per heavy atom. The summed E-state index contributed by atoms with van der Waals surface area (Å²) in [5, 5.41) is 121. The third-order valence-electron chi connectivity index (χ3n) is 23.1. The first kappa shape index (κ1) is 107. The van der Waals surface area contributed by atoms with Gasteiger partial charge in [0.05, 0.1) is 38.6 Å². The maximum atomic E-state index is 13.5. The van der Waals surface area contributed by atoms with Crippen LogP contribution in [0.5, 0.6) is 0 Å². The molecule has 12 N–H and O–H groups in total. The number of unbranched alkanes of at least 4 members (excludes halogenated alkanes) is 47. The molecule has 17 atom stereocenters. The van der Waals surface area contributed by atoms with Crippen LogP contribution in [0.2, 0.25) is 0 Å². The average molecular weight is 1640 g/mol. The summed E-state index contributed by atoms with van der Waals surface area (Å²) in [6.45, 7) is 1.68. The van der Waals surface area contributed by atoms with Crippen molar-refractivity contribution >= 4 is 5.91 Å². The van der Waals surface area contributed by atoms with Gasteiger partial charge in [-0.05, 0) is 77.0 Å². The lowest BCUT2D eigenvalue weighted by atomic mass is 9.96. The summed E-state index contributed by atoms with van der Waals surface area (Å²) >= 11 is 0. The molecule has 116 heavy (non-hydrogen) atoms. The number of hydrogen-bond donors (Lipinski definition) is 12. The average Bonchev–Trinajstić information content (AvgIpc) is 0.779. The van der Waals surface area contributed by atoms with Gasteiger partial charge in [0, 0.05) is 6.42 Å². The lowest BCUT2D eigenvalue weighted by Crippen LogP contribution is -2.66. The van der Waals surface area contributed by atoms with E-state index in [1.807, 2.05) is 6.08 Å². The van der Waals surface area contributed by atoms with E-state index in [1.165, 1.54) is 263 Å². The number of rotatable bonds is 77. The zero-order valence-electron chi connectivity index (χ0n) is 73.0. The van der Waals surface area contributed by atoms with E-state index in [4.69, 9.17) is 28.4 Å². The smallest absolute Gasteiger partial charge is 0.220 e. The van der Waals surface area contributed by atoms with Gasteiger partial charge < -0.3 is 89.9 Å². The van der Waals surface area contributed by atoms with E-state index in [2.05, 4.69) is 104 Å². The van der Waals surface area contributed by atoms with Gasteiger partial charge in [-0.15, -0.1) is 0 Å². The quantitative estimate of drug-likeness (QED) is 0.0199. The molecule has 0 spiro atoms. The highest BCUT2D eigenvalue weighted by Gasteiger charge is 2.54. The number of carbonyl (C=O) groups is 1. The van der Waals surface area contributed by atoms with Crippen LogP contribution in [-0.4, -0.2) is 193 Å². The first-order valence-electron chi connectivity index (χ1n) is 47.5. The SMILES string of the molecule is CC/C=C\C/C=C\C/C=C\C/C=C\C/C=C\C/C=C\C/C=C\CCCCCCCCCCCCCCCCCCCC(=O)NC(COC1OC(CO)C(OC2OC(CO)C(OC3OC(CO)C(O)C(O)C3O)C(O)C2O)C(O)C1O)C(O)/C=C/CCCCCCCCCCCCCCCCCCCCCCCCCCCCCCCC. The van der Waals surface area contributed by atoms with Gasteiger partial charge in [-0.3, -0.25) is 4.79 Å². The summed E-state index contributed by atoms with van der Waals surface area (Å²) in [5.41, 5.74) is 0. The third-order valence-corrected chi connectivity index (χ3v) is 23.1. The lowest BCUT2D eigenvalue weighted by molar-refractivity contribution is -0.379. The second-order valence-corrected chi connectivity index (χ2v) is 33.5. The molecule has 3 saturated heterocycles. The Morgan fingerprint density at radius 2 is 0.595 bits per heavy atom. The number of amides is 1. The van der Waals surface area contributed by atoms with Gasteiger partial charge in [-0.2, -0.15) is 0 Å². The maximum Gasteiger partial charge on any atom is 0.220 e. The summed E-state index contributed by atoms with van der Waals surface area (Å²) in [4.78, 5) is 13.5. The van der Waals surface area contributed by atoms with Crippen LogP contribution in [-0.2, 0) is 33.2 Å². The van der Waals surface area contributed by atoms with Crippen LogP contribution in [0.25, 0.3) is 0 Å². The standard InChI is InChI=1S/C97H173NO18/c1-3-5-7-9-11-13-15-17-19-21-23-25-27-29-31-33-35-37-38-39-40-41-42-43-45-47-49-51-53-55-57-59-61-63-65-67-69-71-73-75-85(103)98-80(81(102)74-72-70-68-66-64-62-60-58-56-54-52-50-48-46-44-36-34-32-30-28-26-24-22-20-18-16-14-12-10-8-6-4-2)79-111-95-91(109)88(106)93(83(77-100)113-95)116-97-92(110)89(107)94(84(78-101)114-97)115-96-90(108)87(105)86(104)82(76-99)112-96/h5,7,11,13,17,19,23,25,29,31,35,37,39-40,72,74,80-84,86-97,99-102,104-110H,3-4,6,8-10,12,14-16,18,20-22,24,26-28,30,32-34,36,38,41-71,73,75-79H2,1-2H3,(H,98,103)/b7-5-,13-11-,19-17-,25-23-,31-29-,37-35-,40-39-,74-72+. The fourth-order valence-corrected chi connectivity index (χ4v) is 15.6. The fourth-order valence-electron chi connectivity index (χ4n) is 15.6. The molecule has 3 heterocycles. The zero-order valence-corrected chi connectivity index (χ0v) is 73.0. The number of ether oxygens (including phenoxy) is 6. The van der Waals surface area contributed by atoms with E-state index >= 15 is 0 Å². The van der Waals surface area contributed by atoms with Gasteiger partial charge in [-0.1, -0.05) is 394 Å². The van der Waals surface area contributed by atoms with Gasteiger partial charge in [0.25, 0.3) is 0 Å². The number of carbonyl (C=O) groups excluding carboxylic acids is 1. The van der Waals surface area contributed by atoms with E-state index in [-0.39, 0.29) is 18.9 Å². The molecule has 0 aromatic heterocycles. The van der Waals surface area contributed by atoms with E-state index in [0.29, 0.717) is 6.42 Å². The number of aliphatic hydroxyl groups excluding tert-OH is 11. The van der Waals surface area contributed by atoms with Crippen molar-refractivity contribution in [2.75, 3.05) is 26.4 Å². The highest BCUT2D eigenvalue weighted by Crippen LogP contribution is 2.34. The molecule has 17 unspecified atom stereocenters. The molecule has 3 aliphatic rings. The fraction of sp³-hybridized carbons (Fsp3) is 0.825. The Labute approximate surface area is 704 Å². The predicted octanol–water partition coefficient (Wildman–Crippen LogP) is 19.0. The summed E-state index contributed by atoms with van der Waals surface area (Å²) in [5.74, 6) is -0.272. The van der Waals surface area contributed by atoms with Crippen molar-refractivity contribution in [3.05, 3.63) is 97.2 Å². The predicted molar refractivity (Wildman–Crippen MR) is 471 cm³/mol. The van der Waals surface area contributed by atoms with Gasteiger partial charge in [0.15, 0.2) is 18.9 Å².